The smallest absolute Gasteiger partial charge is 0.179 e. The van der Waals surface area contributed by atoms with Crippen molar-refractivity contribution in [1.82, 2.24) is 5.32 Å². The van der Waals surface area contributed by atoms with Crippen molar-refractivity contribution in [3.05, 3.63) is 22.7 Å². The molecule has 0 saturated carbocycles. The highest BCUT2D eigenvalue weighted by atomic mass is 35.5. The molecule has 0 radical (unpaired) electrons. The van der Waals surface area contributed by atoms with Crippen LogP contribution in [0.4, 0.5) is 0 Å². The third-order valence-corrected chi connectivity index (χ3v) is 4.52. The van der Waals surface area contributed by atoms with Gasteiger partial charge in [0.2, 0.25) is 0 Å². The summed E-state index contributed by atoms with van der Waals surface area (Å²) in [6.07, 6.45) is 2.31. The quantitative estimate of drug-likeness (QED) is 0.856. The van der Waals surface area contributed by atoms with Crippen LogP contribution in [0.3, 0.4) is 0 Å². The van der Waals surface area contributed by atoms with E-state index in [1.807, 2.05) is 6.07 Å². The van der Waals surface area contributed by atoms with Gasteiger partial charge in [0.1, 0.15) is 0 Å². The van der Waals surface area contributed by atoms with Gasteiger partial charge in [-0.2, -0.15) is 0 Å². The zero-order valence-corrected chi connectivity index (χ0v) is 13.1. The van der Waals surface area contributed by atoms with Crippen molar-refractivity contribution in [2.75, 3.05) is 19.8 Å². The molecular formula is C16H22ClNO2. The number of rotatable bonds is 1. The lowest BCUT2D eigenvalue weighted by Crippen LogP contribution is -2.33. The van der Waals surface area contributed by atoms with Gasteiger partial charge in [0.05, 0.1) is 18.2 Å². The van der Waals surface area contributed by atoms with Crippen LogP contribution in [-0.4, -0.2) is 19.8 Å². The Labute approximate surface area is 125 Å². The monoisotopic (exact) mass is 295 g/mol. The molecule has 0 amide bonds. The van der Waals surface area contributed by atoms with E-state index >= 15 is 0 Å². The zero-order valence-electron chi connectivity index (χ0n) is 12.4. The summed E-state index contributed by atoms with van der Waals surface area (Å²) in [5.41, 5.74) is 1.17. The van der Waals surface area contributed by atoms with E-state index in [1.54, 1.807) is 0 Å². The van der Waals surface area contributed by atoms with Gasteiger partial charge in [0, 0.05) is 11.0 Å². The second-order valence-corrected chi connectivity index (χ2v) is 7.30. The van der Waals surface area contributed by atoms with Crippen molar-refractivity contribution in [2.24, 2.45) is 5.41 Å². The van der Waals surface area contributed by atoms with E-state index in [9.17, 15) is 0 Å². The van der Waals surface area contributed by atoms with Gasteiger partial charge in [0.25, 0.3) is 0 Å². The van der Waals surface area contributed by atoms with Gasteiger partial charge in [-0.25, -0.2) is 0 Å². The third kappa shape index (κ3) is 2.49. The van der Waals surface area contributed by atoms with Gasteiger partial charge < -0.3 is 14.8 Å². The van der Waals surface area contributed by atoms with E-state index in [0.717, 1.165) is 18.7 Å². The van der Waals surface area contributed by atoms with Gasteiger partial charge in [0.15, 0.2) is 11.5 Å². The van der Waals surface area contributed by atoms with Crippen LogP contribution in [0, 0.1) is 5.41 Å². The summed E-state index contributed by atoms with van der Waals surface area (Å²) in [6.45, 7) is 8.80. The molecule has 2 heterocycles. The Bertz CT molecular complexity index is 521. The molecule has 1 fully saturated rings. The molecule has 0 aliphatic carbocycles. The molecule has 1 aromatic carbocycles. The van der Waals surface area contributed by atoms with Crippen LogP contribution in [0.25, 0.3) is 0 Å². The molecule has 20 heavy (non-hydrogen) atoms. The van der Waals surface area contributed by atoms with E-state index < -0.39 is 0 Å². The first kappa shape index (κ1) is 14.0. The van der Waals surface area contributed by atoms with Gasteiger partial charge in [-0.05, 0) is 44.0 Å². The first-order valence-electron chi connectivity index (χ1n) is 7.24. The molecule has 3 rings (SSSR count). The van der Waals surface area contributed by atoms with E-state index in [0.29, 0.717) is 24.0 Å². The van der Waals surface area contributed by atoms with E-state index in [2.05, 4.69) is 32.2 Å². The number of hydrogen-bond donors (Lipinski definition) is 1. The molecule has 1 N–H and O–H groups in total. The molecular weight excluding hydrogens is 274 g/mol. The fourth-order valence-corrected chi connectivity index (χ4v) is 3.12. The largest absolute Gasteiger partial charge is 0.489 e. The topological polar surface area (TPSA) is 30.5 Å². The zero-order chi connectivity index (χ0) is 14.4. The van der Waals surface area contributed by atoms with Gasteiger partial charge in [-0.3, -0.25) is 0 Å². The number of fused-ring (bicyclic) bond motifs is 1. The average molecular weight is 296 g/mol. The molecule has 2 aliphatic rings. The van der Waals surface area contributed by atoms with Crippen molar-refractivity contribution in [2.45, 2.75) is 39.2 Å². The summed E-state index contributed by atoms with van der Waals surface area (Å²) >= 11 is 6.42. The fraction of sp³-hybridized carbons (Fsp3) is 0.625. The summed E-state index contributed by atoms with van der Waals surface area (Å²) in [5, 5.41) is 4.20. The van der Waals surface area contributed by atoms with Gasteiger partial charge in [-0.15, -0.1) is 0 Å². The molecule has 0 bridgehead atoms. The third-order valence-electron chi connectivity index (χ3n) is 4.24. The minimum absolute atomic E-state index is 0.00196. The molecule has 1 unspecified atom stereocenters. The Morgan fingerprint density at radius 2 is 1.90 bits per heavy atom. The number of benzene rings is 1. The second kappa shape index (κ2) is 4.81. The Hall–Kier alpha value is -0.930. The predicted octanol–water partition coefficient (Wildman–Crippen LogP) is 3.74. The highest BCUT2D eigenvalue weighted by Crippen LogP contribution is 2.43. The van der Waals surface area contributed by atoms with Crippen molar-refractivity contribution < 1.29 is 9.47 Å². The van der Waals surface area contributed by atoms with Crippen molar-refractivity contribution in [1.29, 1.82) is 0 Å². The number of halogens is 1. The minimum atomic E-state index is -0.0101. The first-order valence-corrected chi connectivity index (χ1v) is 7.62. The van der Waals surface area contributed by atoms with Gasteiger partial charge >= 0.3 is 0 Å². The molecule has 4 heteroatoms. The number of hydrogen-bond acceptors (Lipinski definition) is 3. The van der Waals surface area contributed by atoms with Crippen LogP contribution in [0.15, 0.2) is 12.1 Å². The fourth-order valence-electron chi connectivity index (χ4n) is 2.86. The lowest BCUT2D eigenvalue weighted by Gasteiger charge is -2.26. The van der Waals surface area contributed by atoms with Crippen molar-refractivity contribution >= 4 is 11.6 Å². The second-order valence-electron chi connectivity index (χ2n) is 6.89. The molecule has 1 atom stereocenters. The van der Waals surface area contributed by atoms with E-state index in [1.165, 1.54) is 12.0 Å². The Morgan fingerprint density at radius 1 is 1.15 bits per heavy atom. The summed E-state index contributed by atoms with van der Waals surface area (Å²) in [7, 11) is 0. The van der Waals surface area contributed by atoms with Gasteiger partial charge in [-0.1, -0.05) is 25.4 Å². The molecule has 110 valence electrons. The molecule has 1 saturated heterocycles. The molecule has 0 aromatic heterocycles. The van der Waals surface area contributed by atoms with Crippen LogP contribution in [0.5, 0.6) is 11.5 Å². The minimum Gasteiger partial charge on any atom is -0.489 e. The average Bonchev–Trinajstić information content (AvgIpc) is 2.76. The lowest BCUT2D eigenvalue weighted by molar-refractivity contribution is 0.140. The molecule has 0 spiro atoms. The summed E-state index contributed by atoms with van der Waals surface area (Å²) < 4.78 is 11.8. The number of nitrogens with one attached hydrogen (secondary N) is 1. The first-order chi connectivity index (χ1) is 9.40. The van der Waals surface area contributed by atoms with Crippen LogP contribution in [0.2, 0.25) is 5.02 Å². The number of ether oxygens (including phenoxy) is 2. The maximum Gasteiger partial charge on any atom is 0.179 e. The maximum atomic E-state index is 6.42. The molecule has 1 aromatic rings. The Kier molecular flexibility index (Phi) is 3.38. The van der Waals surface area contributed by atoms with E-state index in [-0.39, 0.29) is 11.0 Å². The Morgan fingerprint density at radius 3 is 2.60 bits per heavy atom. The van der Waals surface area contributed by atoms with Crippen LogP contribution < -0.4 is 14.8 Å². The van der Waals surface area contributed by atoms with Crippen LogP contribution in [-0.2, 0) is 5.54 Å². The summed E-state index contributed by atoms with van der Waals surface area (Å²) in [4.78, 5) is 0. The SMILES string of the molecule is CC1(C)COc2cc(C3(C)CCCN3)cc(Cl)c2OC1. The lowest BCUT2D eigenvalue weighted by atomic mass is 9.90. The summed E-state index contributed by atoms with van der Waals surface area (Å²) in [5.74, 6) is 1.45. The normalized spacial score (nSPS) is 28.2. The van der Waals surface area contributed by atoms with Crippen molar-refractivity contribution in [3.63, 3.8) is 0 Å². The van der Waals surface area contributed by atoms with Crippen molar-refractivity contribution in [3.8, 4) is 11.5 Å². The maximum absolute atomic E-state index is 6.42. The molecule has 2 aliphatic heterocycles. The van der Waals surface area contributed by atoms with Crippen LogP contribution in [0.1, 0.15) is 39.2 Å². The van der Waals surface area contributed by atoms with E-state index in [4.69, 9.17) is 21.1 Å². The Balaban J connectivity index is 1.98. The standard InChI is InChI=1S/C16H22ClNO2/c1-15(2)9-19-13-8-11(16(3)5-4-6-18-16)7-12(17)14(13)20-10-15/h7-8,18H,4-6,9-10H2,1-3H3. The highest BCUT2D eigenvalue weighted by molar-refractivity contribution is 6.32. The predicted molar refractivity (Wildman–Crippen MR) is 80.8 cm³/mol. The highest BCUT2D eigenvalue weighted by Gasteiger charge is 2.33. The summed E-state index contributed by atoms with van der Waals surface area (Å²) in [6, 6.07) is 4.10. The van der Waals surface area contributed by atoms with Crippen LogP contribution >= 0.6 is 11.6 Å². The molecule has 3 nitrogen and oxygen atoms in total.